The van der Waals surface area contributed by atoms with Crippen molar-refractivity contribution in [2.24, 2.45) is 0 Å². The molecule has 1 fully saturated rings. The first-order valence-electron chi connectivity index (χ1n) is 10.00. The number of hydrogen-bond donors (Lipinski definition) is 1. The minimum absolute atomic E-state index is 0.0247. The van der Waals surface area contributed by atoms with E-state index in [0.717, 1.165) is 30.6 Å². The Bertz CT molecular complexity index is 983. The molecule has 2 aromatic carbocycles. The molecule has 1 saturated heterocycles. The van der Waals surface area contributed by atoms with Crippen LogP contribution in [0.15, 0.2) is 47.4 Å². The molecular formula is C22H28N2O5S. The summed E-state index contributed by atoms with van der Waals surface area (Å²) >= 11 is 0. The van der Waals surface area contributed by atoms with E-state index in [2.05, 4.69) is 5.32 Å². The lowest BCUT2D eigenvalue weighted by Gasteiger charge is -2.26. The number of amides is 1. The highest BCUT2D eigenvalue weighted by atomic mass is 32.2. The number of rotatable bonds is 7. The van der Waals surface area contributed by atoms with Crippen molar-refractivity contribution in [3.05, 3.63) is 53.6 Å². The molecule has 3 rings (SSSR count). The molecule has 0 bridgehead atoms. The fraction of sp³-hybridized carbons (Fsp3) is 0.409. The number of nitrogens with zero attached hydrogens (tertiary/aromatic N) is 1. The number of carbonyl (C=O) groups is 1. The van der Waals surface area contributed by atoms with Crippen molar-refractivity contribution in [3.63, 3.8) is 0 Å². The van der Waals surface area contributed by atoms with Crippen LogP contribution >= 0.6 is 0 Å². The lowest BCUT2D eigenvalue weighted by molar-refractivity contribution is 0.0939. The van der Waals surface area contributed by atoms with Crippen molar-refractivity contribution in [3.8, 4) is 11.5 Å². The van der Waals surface area contributed by atoms with E-state index in [1.807, 2.05) is 31.2 Å². The van der Waals surface area contributed by atoms with Crippen LogP contribution in [0.25, 0.3) is 0 Å². The Morgan fingerprint density at radius 1 is 1.00 bits per heavy atom. The van der Waals surface area contributed by atoms with Gasteiger partial charge in [0.25, 0.3) is 5.91 Å². The fourth-order valence-electron chi connectivity index (χ4n) is 3.52. The summed E-state index contributed by atoms with van der Waals surface area (Å²) in [5.41, 5.74) is 1.19. The summed E-state index contributed by atoms with van der Waals surface area (Å²) in [6.45, 7) is 2.83. The topological polar surface area (TPSA) is 84.9 Å². The Balaban J connectivity index is 1.83. The van der Waals surface area contributed by atoms with Crippen LogP contribution in [0.5, 0.6) is 11.5 Å². The number of carbonyl (C=O) groups excluding carboxylic acids is 1. The molecule has 1 aliphatic rings. The average molecular weight is 433 g/mol. The van der Waals surface area contributed by atoms with Gasteiger partial charge in [0.1, 0.15) is 16.4 Å². The van der Waals surface area contributed by atoms with Gasteiger partial charge in [-0.15, -0.1) is 0 Å². The first-order chi connectivity index (χ1) is 14.4. The number of nitrogens with one attached hydrogen (secondary N) is 1. The molecule has 0 aliphatic carbocycles. The summed E-state index contributed by atoms with van der Waals surface area (Å²) < 4.78 is 38.2. The number of benzene rings is 2. The average Bonchev–Trinajstić information content (AvgIpc) is 2.79. The second-order valence-corrected chi connectivity index (χ2v) is 9.21. The monoisotopic (exact) mass is 432 g/mol. The molecule has 0 aromatic heterocycles. The Labute approximate surface area is 178 Å². The van der Waals surface area contributed by atoms with Crippen molar-refractivity contribution in [1.29, 1.82) is 0 Å². The molecule has 0 saturated carbocycles. The van der Waals surface area contributed by atoms with E-state index in [0.29, 0.717) is 13.1 Å². The van der Waals surface area contributed by atoms with E-state index in [1.54, 1.807) is 13.2 Å². The molecule has 1 heterocycles. The molecule has 1 amide bonds. The maximum absolute atomic E-state index is 13.1. The molecule has 1 N–H and O–H groups in total. The molecule has 8 heteroatoms. The second kappa shape index (κ2) is 9.49. The molecule has 30 heavy (non-hydrogen) atoms. The highest BCUT2D eigenvalue weighted by Gasteiger charge is 2.29. The van der Waals surface area contributed by atoms with Crippen LogP contribution < -0.4 is 14.8 Å². The quantitative estimate of drug-likeness (QED) is 0.725. The maximum Gasteiger partial charge on any atom is 0.251 e. The minimum atomic E-state index is -3.73. The molecule has 1 aliphatic heterocycles. The van der Waals surface area contributed by atoms with Crippen LogP contribution in [-0.2, 0) is 10.0 Å². The van der Waals surface area contributed by atoms with Crippen LogP contribution in [0.4, 0.5) is 0 Å². The third-order valence-electron chi connectivity index (χ3n) is 5.32. The summed E-state index contributed by atoms with van der Waals surface area (Å²) in [5.74, 6) is 0.622. The van der Waals surface area contributed by atoms with Crippen LogP contribution in [0.1, 0.15) is 48.1 Å². The molecule has 0 spiro atoms. The summed E-state index contributed by atoms with van der Waals surface area (Å²) in [6, 6.07) is 11.7. The van der Waals surface area contributed by atoms with Crippen molar-refractivity contribution < 1.29 is 22.7 Å². The zero-order valence-corrected chi connectivity index (χ0v) is 18.4. The van der Waals surface area contributed by atoms with Gasteiger partial charge >= 0.3 is 0 Å². The largest absolute Gasteiger partial charge is 0.497 e. The lowest BCUT2D eigenvalue weighted by Crippen LogP contribution is -2.36. The van der Waals surface area contributed by atoms with Crippen molar-refractivity contribution in [2.45, 2.75) is 37.1 Å². The van der Waals surface area contributed by atoms with E-state index < -0.39 is 10.0 Å². The third kappa shape index (κ3) is 4.76. The van der Waals surface area contributed by atoms with E-state index in [4.69, 9.17) is 9.47 Å². The van der Waals surface area contributed by atoms with Gasteiger partial charge in [0.15, 0.2) is 0 Å². The fourth-order valence-corrected chi connectivity index (χ4v) is 5.22. The van der Waals surface area contributed by atoms with Crippen molar-refractivity contribution in [2.75, 3.05) is 27.3 Å². The highest BCUT2D eigenvalue weighted by Crippen LogP contribution is 2.30. The van der Waals surface area contributed by atoms with Gasteiger partial charge in [-0.3, -0.25) is 4.79 Å². The van der Waals surface area contributed by atoms with Crippen LogP contribution in [0.3, 0.4) is 0 Å². The van der Waals surface area contributed by atoms with E-state index in [9.17, 15) is 13.2 Å². The number of ether oxygens (including phenoxy) is 2. The van der Waals surface area contributed by atoms with Gasteiger partial charge in [-0.05, 0) is 55.7 Å². The standard InChI is InChI=1S/C22H28N2O5S/c1-16(17-7-10-19(28-2)11-8-17)23-22(25)18-9-12-20(29-3)21(15-18)30(26,27)24-13-5-4-6-14-24/h7-12,15-16H,4-6,13-14H2,1-3H3,(H,23,25)/t16-/m0/s1. The van der Waals surface area contributed by atoms with Crippen molar-refractivity contribution >= 4 is 15.9 Å². The Kier molecular flexibility index (Phi) is 6.99. The Hall–Kier alpha value is -2.58. The predicted molar refractivity (Wildman–Crippen MR) is 114 cm³/mol. The zero-order valence-electron chi connectivity index (χ0n) is 17.6. The van der Waals surface area contributed by atoms with Gasteiger partial charge in [-0.1, -0.05) is 18.6 Å². The molecule has 1 atom stereocenters. The maximum atomic E-state index is 13.1. The van der Waals surface area contributed by atoms with Crippen LogP contribution in [0, 0.1) is 0 Å². The highest BCUT2D eigenvalue weighted by molar-refractivity contribution is 7.89. The van der Waals surface area contributed by atoms with Crippen LogP contribution in [0.2, 0.25) is 0 Å². The van der Waals surface area contributed by atoms with E-state index in [-0.39, 0.29) is 28.2 Å². The lowest BCUT2D eigenvalue weighted by atomic mass is 10.1. The SMILES string of the molecule is COc1ccc([C@H](C)NC(=O)c2ccc(OC)c(S(=O)(=O)N3CCCCC3)c2)cc1. The van der Waals surface area contributed by atoms with Gasteiger partial charge < -0.3 is 14.8 Å². The summed E-state index contributed by atoms with van der Waals surface area (Å²) in [4.78, 5) is 12.8. The molecule has 0 unspecified atom stereocenters. The van der Waals surface area contributed by atoms with Gasteiger partial charge in [0.05, 0.1) is 20.3 Å². The smallest absolute Gasteiger partial charge is 0.251 e. The van der Waals surface area contributed by atoms with Gasteiger partial charge in [-0.25, -0.2) is 8.42 Å². The van der Waals surface area contributed by atoms with Gasteiger partial charge in [-0.2, -0.15) is 4.31 Å². The zero-order chi connectivity index (χ0) is 21.7. The molecule has 2 aromatic rings. The van der Waals surface area contributed by atoms with Gasteiger partial charge in [0.2, 0.25) is 10.0 Å². The number of sulfonamides is 1. The molecular weight excluding hydrogens is 404 g/mol. The van der Waals surface area contributed by atoms with Crippen LogP contribution in [-0.4, -0.2) is 45.9 Å². The number of methoxy groups -OCH3 is 2. The Morgan fingerprint density at radius 2 is 1.67 bits per heavy atom. The first-order valence-corrected chi connectivity index (χ1v) is 11.4. The second-order valence-electron chi connectivity index (χ2n) is 7.30. The number of piperidine rings is 1. The summed E-state index contributed by atoms with van der Waals surface area (Å²) in [5, 5.41) is 2.92. The Morgan fingerprint density at radius 3 is 2.27 bits per heavy atom. The first kappa shape index (κ1) is 22.1. The summed E-state index contributed by atoms with van der Waals surface area (Å²) in [6.07, 6.45) is 2.69. The van der Waals surface area contributed by atoms with Gasteiger partial charge in [0, 0.05) is 18.7 Å². The molecule has 0 radical (unpaired) electrons. The normalized spacial score (nSPS) is 16.0. The number of hydrogen-bond acceptors (Lipinski definition) is 5. The van der Waals surface area contributed by atoms with Crippen molar-refractivity contribution in [1.82, 2.24) is 9.62 Å². The molecule has 7 nitrogen and oxygen atoms in total. The van der Waals surface area contributed by atoms with E-state index in [1.165, 1.54) is 23.5 Å². The third-order valence-corrected chi connectivity index (χ3v) is 7.24. The predicted octanol–water partition coefficient (Wildman–Crippen LogP) is 3.37. The van der Waals surface area contributed by atoms with E-state index >= 15 is 0 Å². The summed E-state index contributed by atoms with van der Waals surface area (Å²) in [7, 11) is -0.711. The minimum Gasteiger partial charge on any atom is -0.497 e. The molecule has 162 valence electrons.